The lowest BCUT2D eigenvalue weighted by Gasteiger charge is -2.04. The summed E-state index contributed by atoms with van der Waals surface area (Å²) < 4.78 is 1.81. The summed E-state index contributed by atoms with van der Waals surface area (Å²) in [6.45, 7) is 3.03. The summed E-state index contributed by atoms with van der Waals surface area (Å²) in [6.07, 6.45) is 1.95. The number of nitrogens with zero attached hydrogens (tertiary/aromatic N) is 2. The van der Waals surface area contributed by atoms with Crippen molar-refractivity contribution >= 4 is 5.69 Å². The van der Waals surface area contributed by atoms with E-state index < -0.39 is 0 Å². The minimum Gasteiger partial charge on any atom is -0.385 e. The molecule has 0 atom stereocenters. The Hall–Kier alpha value is -1.77. The normalized spacial score (nSPS) is 10.3. The first-order chi connectivity index (χ1) is 7.29. The summed E-state index contributed by atoms with van der Waals surface area (Å²) in [6, 6.07) is 10.3. The van der Waals surface area contributed by atoms with E-state index in [0.717, 1.165) is 23.5 Å². The maximum Gasteiger partial charge on any atom is 0.0923 e. The van der Waals surface area contributed by atoms with E-state index in [0.29, 0.717) is 0 Å². The van der Waals surface area contributed by atoms with Crippen LogP contribution in [0.15, 0.2) is 36.5 Å². The number of rotatable bonds is 3. The van der Waals surface area contributed by atoms with Crippen molar-refractivity contribution in [3.8, 4) is 11.3 Å². The minimum atomic E-state index is 0.936. The molecule has 0 radical (unpaired) electrons. The van der Waals surface area contributed by atoms with Gasteiger partial charge >= 0.3 is 0 Å². The maximum absolute atomic E-state index is 4.37. The standard InChI is InChI=1S/C12H15N3/c1-3-13-11-6-4-5-10(9-11)12-7-8-15(2)14-12/h4-9,13H,3H2,1-2H3. The molecule has 3 heteroatoms. The van der Waals surface area contributed by atoms with E-state index in [1.165, 1.54) is 0 Å². The number of aryl methyl sites for hydroxylation is 1. The largest absolute Gasteiger partial charge is 0.385 e. The zero-order chi connectivity index (χ0) is 10.7. The van der Waals surface area contributed by atoms with E-state index >= 15 is 0 Å². The van der Waals surface area contributed by atoms with E-state index in [2.05, 4.69) is 35.5 Å². The van der Waals surface area contributed by atoms with Crippen molar-refractivity contribution in [1.82, 2.24) is 9.78 Å². The highest BCUT2D eigenvalue weighted by atomic mass is 15.2. The van der Waals surface area contributed by atoms with E-state index in [9.17, 15) is 0 Å². The van der Waals surface area contributed by atoms with Crippen molar-refractivity contribution in [2.24, 2.45) is 7.05 Å². The van der Waals surface area contributed by atoms with E-state index in [1.807, 2.05) is 30.1 Å². The quantitative estimate of drug-likeness (QED) is 0.827. The molecule has 0 amide bonds. The summed E-state index contributed by atoms with van der Waals surface area (Å²) in [5.74, 6) is 0. The van der Waals surface area contributed by atoms with E-state index in [4.69, 9.17) is 0 Å². The van der Waals surface area contributed by atoms with Gasteiger partial charge in [0.25, 0.3) is 0 Å². The monoisotopic (exact) mass is 201 g/mol. The average Bonchev–Trinajstić information content (AvgIpc) is 2.66. The molecule has 15 heavy (non-hydrogen) atoms. The number of hydrogen-bond donors (Lipinski definition) is 1. The SMILES string of the molecule is CCNc1cccc(-c2ccn(C)n2)c1. The predicted octanol–water partition coefficient (Wildman–Crippen LogP) is 2.52. The first-order valence-corrected chi connectivity index (χ1v) is 5.13. The van der Waals surface area contributed by atoms with Crippen LogP contribution in [0.1, 0.15) is 6.92 Å². The zero-order valence-corrected chi connectivity index (χ0v) is 9.07. The predicted molar refractivity (Wildman–Crippen MR) is 62.8 cm³/mol. The summed E-state index contributed by atoms with van der Waals surface area (Å²) in [5, 5.41) is 7.66. The van der Waals surface area contributed by atoms with Gasteiger partial charge in [-0.1, -0.05) is 12.1 Å². The Kier molecular flexibility index (Phi) is 2.72. The fourth-order valence-electron chi connectivity index (χ4n) is 1.56. The maximum atomic E-state index is 4.37. The van der Waals surface area contributed by atoms with Gasteiger partial charge in [-0.2, -0.15) is 5.10 Å². The van der Waals surface area contributed by atoms with Gasteiger partial charge in [-0.15, -0.1) is 0 Å². The Labute approximate surface area is 89.7 Å². The van der Waals surface area contributed by atoms with Crippen LogP contribution < -0.4 is 5.32 Å². The first kappa shape index (κ1) is 9.77. The lowest BCUT2D eigenvalue weighted by atomic mass is 10.1. The van der Waals surface area contributed by atoms with E-state index in [-0.39, 0.29) is 0 Å². The first-order valence-electron chi connectivity index (χ1n) is 5.13. The molecule has 1 aromatic heterocycles. The van der Waals surface area contributed by atoms with Gasteiger partial charge in [-0.05, 0) is 25.1 Å². The second-order valence-corrected chi connectivity index (χ2v) is 3.49. The third-order valence-corrected chi connectivity index (χ3v) is 2.25. The molecule has 0 bridgehead atoms. The molecule has 0 aliphatic carbocycles. The number of anilines is 1. The molecule has 78 valence electrons. The molecular formula is C12H15N3. The fraction of sp³-hybridized carbons (Fsp3) is 0.250. The van der Waals surface area contributed by atoms with Crippen molar-refractivity contribution in [2.75, 3.05) is 11.9 Å². The molecule has 1 N–H and O–H groups in total. The number of benzene rings is 1. The minimum absolute atomic E-state index is 0.936. The molecule has 0 fully saturated rings. The van der Waals surface area contributed by atoms with Crippen molar-refractivity contribution < 1.29 is 0 Å². The molecular weight excluding hydrogens is 186 g/mol. The lowest BCUT2D eigenvalue weighted by molar-refractivity contribution is 0.771. The van der Waals surface area contributed by atoms with Crippen molar-refractivity contribution in [2.45, 2.75) is 6.92 Å². The van der Waals surface area contributed by atoms with Gasteiger partial charge in [-0.3, -0.25) is 4.68 Å². The molecule has 0 aliphatic rings. The molecule has 0 saturated heterocycles. The van der Waals surface area contributed by atoms with Gasteiger partial charge < -0.3 is 5.32 Å². The van der Waals surface area contributed by atoms with Crippen LogP contribution in [0.4, 0.5) is 5.69 Å². The topological polar surface area (TPSA) is 29.9 Å². The summed E-state index contributed by atoms with van der Waals surface area (Å²) in [4.78, 5) is 0. The van der Waals surface area contributed by atoms with Crippen molar-refractivity contribution in [3.05, 3.63) is 36.5 Å². The molecule has 2 rings (SSSR count). The van der Waals surface area contributed by atoms with Gasteiger partial charge in [0.2, 0.25) is 0 Å². The summed E-state index contributed by atoms with van der Waals surface area (Å²) >= 11 is 0. The van der Waals surface area contributed by atoms with Crippen LogP contribution in [0.2, 0.25) is 0 Å². The second kappa shape index (κ2) is 4.17. The van der Waals surface area contributed by atoms with Crippen LogP contribution >= 0.6 is 0 Å². The summed E-state index contributed by atoms with van der Waals surface area (Å²) in [5.41, 5.74) is 3.30. The van der Waals surface area contributed by atoms with Crippen molar-refractivity contribution in [3.63, 3.8) is 0 Å². The Morgan fingerprint density at radius 1 is 1.33 bits per heavy atom. The highest BCUT2D eigenvalue weighted by molar-refractivity contribution is 5.64. The molecule has 0 aliphatic heterocycles. The lowest BCUT2D eigenvalue weighted by Crippen LogP contribution is -1.96. The highest BCUT2D eigenvalue weighted by Crippen LogP contribution is 2.20. The van der Waals surface area contributed by atoms with Crippen LogP contribution in [0.5, 0.6) is 0 Å². The van der Waals surface area contributed by atoms with E-state index in [1.54, 1.807) is 0 Å². The van der Waals surface area contributed by atoms with Crippen LogP contribution in [0.25, 0.3) is 11.3 Å². The Balaban J connectivity index is 2.32. The Bertz CT molecular complexity index is 446. The molecule has 0 saturated carbocycles. The third kappa shape index (κ3) is 2.18. The molecule has 0 spiro atoms. The average molecular weight is 201 g/mol. The van der Waals surface area contributed by atoms with Gasteiger partial charge in [0.05, 0.1) is 5.69 Å². The van der Waals surface area contributed by atoms with Gasteiger partial charge in [-0.25, -0.2) is 0 Å². The second-order valence-electron chi connectivity index (χ2n) is 3.49. The van der Waals surface area contributed by atoms with Crippen molar-refractivity contribution in [1.29, 1.82) is 0 Å². The molecule has 2 aromatic rings. The molecule has 1 heterocycles. The number of nitrogens with one attached hydrogen (secondary N) is 1. The van der Waals surface area contributed by atoms with Crippen LogP contribution in [-0.4, -0.2) is 16.3 Å². The third-order valence-electron chi connectivity index (χ3n) is 2.25. The zero-order valence-electron chi connectivity index (χ0n) is 9.07. The highest BCUT2D eigenvalue weighted by Gasteiger charge is 2.01. The number of aromatic nitrogens is 2. The van der Waals surface area contributed by atoms with Gasteiger partial charge in [0.1, 0.15) is 0 Å². The Morgan fingerprint density at radius 3 is 2.87 bits per heavy atom. The van der Waals surface area contributed by atoms with Crippen LogP contribution in [0.3, 0.4) is 0 Å². The van der Waals surface area contributed by atoms with Crippen LogP contribution in [-0.2, 0) is 7.05 Å². The molecule has 1 aromatic carbocycles. The Morgan fingerprint density at radius 2 is 2.20 bits per heavy atom. The fourth-order valence-corrected chi connectivity index (χ4v) is 1.56. The molecule has 0 unspecified atom stereocenters. The smallest absolute Gasteiger partial charge is 0.0923 e. The van der Waals surface area contributed by atoms with Crippen LogP contribution in [0, 0.1) is 0 Å². The summed E-state index contributed by atoms with van der Waals surface area (Å²) in [7, 11) is 1.93. The number of hydrogen-bond acceptors (Lipinski definition) is 2. The molecule has 3 nitrogen and oxygen atoms in total. The van der Waals surface area contributed by atoms with Gasteiger partial charge in [0, 0.05) is 31.0 Å². The van der Waals surface area contributed by atoms with Gasteiger partial charge in [0.15, 0.2) is 0 Å².